The summed E-state index contributed by atoms with van der Waals surface area (Å²) in [7, 11) is 0. The molecule has 1 nitrogen and oxygen atoms in total. The quantitative estimate of drug-likeness (QED) is 0.533. The summed E-state index contributed by atoms with van der Waals surface area (Å²) in [6.45, 7) is 6.76. The van der Waals surface area contributed by atoms with Gasteiger partial charge in [0.25, 0.3) is 0 Å². The summed E-state index contributed by atoms with van der Waals surface area (Å²) >= 11 is 0. The maximum atomic E-state index is 4.78. The molecule has 124 valence electrons. The minimum Gasteiger partial charge on any atom is -0.261 e. The summed E-state index contributed by atoms with van der Waals surface area (Å²) in [6.07, 6.45) is 10.5. The Morgan fingerprint density at radius 1 is 0.913 bits per heavy atom. The number of rotatable bonds is 9. The normalized spacial score (nSPS) is 11.6. The molecule has 2 rings (SSSR count). The van der Waals surface area contributed by atoms with Gasteiger partial charge < -0.3 is 0 Å². The molecule has 0 saturated carbocycles. The Bertz CT molecular complexity index is 566. The fourth-order valence-electron chi connectivity index (χ4n) is 3.57. The van der Waals surface area contributed by atoms with E-state index in [0.29, 0.717) is 0 Å². The maximum Gasteiger partial charge on any atom is 0.0468 e. The first-order valence-corrected chi connectivity index (χ1v) is 9.17. The van der Waals surface area contributed by atoms with E-state index in [9.17, 15) is 0 Å². The average molecular weight is 309 g/mol. The molecule has 1 aromatic carbocycles. The summed E-state index contributed by atoms with van der Waals surface area (Å²) in [5.74, 6) is 0. The summed E-state index contributed by atoms with van der Waals surface area (Å²) in [5, 5.41) is 0. The molecule has 0 N–H and O–H groups in total. The second-order valence-corrected chi connectivity index (χ2v) is 6.87. The lowest BCUT2D eigenvalue weighted by Crippen LogP contribution is -2.30. The average Bonchev–Trinajstić information content (AvgIpc) is 2.58. The summed E-state index contributed by atoms with van der Waals surface area (Å²) < 4.78 is 0. The molecule has 0 bridgehead atoms. The van der Waals surface area contributed by atoms with Crippen LogP contribution in [0.5, 0.6) is 0 Å². The first-order valence-electron chi connectivity index (χ1n) is 9.17. The third-order valence-electron chi connectivity index (χ3n) is 4.85. The molecule has 0 fully saturated rings. The number of aryl methyl sites for hydroxylation is 1. The van der Waals surface area contributed by atoms with E-state index in [1.807, 2.05) is 12.3 Å². The van der Waals surface area contributed by atoms with Gasteiger partial charge in [0.15, 0.2) is 0 Å². The van der Waals surface area contributed by atoms with Crippen LogP contribution in [-0.4, -0.2) is 4.98 Å². The highest BCUT2D eigenvalue weighted by molar-refractivity contribution is 5.28. The molecule has 0 aliphatic rings. The number of unbranched alkanes of at least 4 members (excludes halogenated alkanes) is 2. The highest BCUT2D eigenvalue weighted by atomic mass is 14.7. The molecular weight excluding hydrogens is 278 g/mol. The molecule has 1 heterocycles. The third kappa shape index (κ3) is 4.92. The van der Waals surface area contributed by atoms with Gasteiger partial charge in [-0.3, -0.25) is 4.98 Å². The van der Waals surface area contributed by atoms with E-state index in [1.54, 1.807) is 0 Å². The first kappa shape index (κ1) is 17.7. The van der Waals surface area contributed by atoms with Gasteiger partial charge in [-0.15, -0.1) is 0 Å². The lowest BCUT2D eigenvalue weighted by atomic mass is 9.71. The molecular formula is C22H31N. The van der Waals surface area contributed by atoms with Crippen LogP contribution in [-0.2, 0) is 11.8 Å². The monoisotopic (exact) mass is 309 g/mol. The van der Waals surface area contributed by atoms with Crippen molar-refractivity contribution in [3.05, 3.63) is 65.5 Å². The van der Waals surface area contributed by atoms with Crippen LogP contribution in [0.15, 0.2) is 48.7 Å². The van der Waals surface area contributed by atoms with Crippen molar-refractivity contribution in [1.82, 2.24) is 4.98 Å². The van der Waals surface area contributed by atoms with Crippen LogP contribution in [0.25, 0.3) is 0 Å². The number of hydrogen-bond donors (Lipinski definition) is 0. The van der Waals surface area contributed by atoms with Crippen LogP contribution in [0, 0.1) is 6.92 Å². The molecule has 2 aromatic rings. The van der Waals surface area contributed by atoms with Gasteiger partial charge in [0.05, 0.1) is 0 Å². The Kier molecular flexibility index (Phi) is 6.83. The zero-order chi connectivity index (χ0) is 16.5. The first-order chi connectivity index (χ1) is 11.2. The van der Waals surface area contributed by atoms with Gasteiger partial charge in [0.1, 0.15) is 0 Å². The van der Waals surface area contributed by atoms with Crippen LogP contribution in [0.3, 0.4) is 0 Å². The number of aromatic nitrogens is 1. The Balaban J connectivity index is 2.37. The molecule has 0 amide bonds. The van der Waals surface area contributed by atoms with Crippen molar-refractivity contribution in [2.45, 2.75) is 71.1 Å². The SMILES string of the molecule is CCCCC(CCCC)(Cc1cccc(C)c1)c1ccccn1. The van der Waals surface area contributed by atoms with E-state index in [0.717, 1.165) is 6.42 Å². The van der Waals surface area contributed by atoms with Crippen molar-refractivity contribution in [3.8, 4) is 0 Å². The second kappa shape index (κ2) is 8.86. The largest absolute Gasteiger partial charge is 0.261 e. The van der Waals surface area contributed by atoms with Gasteiger partial charge in [0, 0.05) is 17.3 Å². The van der Waals surface area contributed by atoms with Gasteiger partial charge >= 0.3 is 0 Å². The molecule has 0 unspecified atom stereocenters. The van der Waals surface area contributed by atoms with E-state index in [1.165, 1.54) is 55.3 Å². The summed E-state index contributed by atoms with van der Waals surface area (Å²) in [4.78, 5) is 4.78. The molecule has 0 spiro atoms. The minimum absolute atomic E-state index is 0.182. The van der Waals surface area contributed by atoms with E-state index in [-0.39, 0.29) is 5.41 Å². The van der Waals surface area contributed by atoms with Gasteiger partial charge in [-0.05, 0) is 43.9 Å². The fraction of sp³-hybridized carbons (Fsp3) is 0.500. The van der Waals surface area contributed by atoms with Gasteiger partial charge in [-0.1, -0.05) is 75.4 Å². The van der Waals surface area contributed by atoms with E-state index in [4.69, 9.17) is 4.98 Å². The molecule has 0 aliphatic carbocycles. The van der Waals surface area contributed by atoms with Crippen LogP contribution in [0.2, 0.25) is 0 Å². The van der Waals surface area contributed by atoms with Crippen LogP contribution >= 0.6 is 0 Å². The standard InChI is InChI=1S/C22H31N/c1-4-6-14-22(15-7-5-2,21-13-8-9-16-23-21)18-20-12-10-11-19(3)17-20/h8-13,16-17H,4-7,14-15,18H2,1-3H3. The lowest BCUT2D eigenvalue weighted by molar-refractivity contribution is 0.330. The molecule has 1 aromatic heterocycles. The Morgan fingerprint density at radius 2 is 1.65 bits per heavy atom. The molecule has 23 heavy (non-hydrogen) atoms. The number of pyridine rings is 1. The molecule has 0 aliphatic heterocycles. The van der Waals surface area contributed by atoms with Gasteiger partial charge in [0.2, 0.25) is 0 Å². The Morgan fingerprint density at radius 3 is 2.22 bits per heavy atom. The third-order valence-corrected chi connectivity index (χ3v) is 4.85. The summed E-state index contributed by atoms with van der Waals surface area (Å²) in [5.41, 5.74) is 4.26. The lowest BCUT2D eigenvalue weighted by Gasteiger charge is -2.34. The predicted molar refractivity (Wildman–Crippen MR) is 99.8 cm³/mol. The molecule has 0 atom stereocenters. The Hall–Kier alpha value is -1.63. The van der Waals surface area contributed by atoms with Gasteiger partial charge in [-0.25, -0.2) is 0 Å². The predicted octanol–water partition coefficient (Wildman–Crippen LogP) is 6.25. The molecule has 1 heteroatoms. The maximum absolute atomic E-state index is 4.78. The topological polar surface area (TPSA) is 12.9 Å². The summed E-state index contributed by atoms with van der Waals surface area (Å²) in [6, 6.07) is 15.4. The zero-order valence-corrected chi connectivity index (χ0v) is 15.0. The molecule has 0 radical (unpaired) electrons. The molecule has 0 saturated heterocycles. The van der Waals surface area contributed by atoms with Crippen LogP contribution in [0.1, 0.15) is 69.2 Å². The fourth-order valence-corrected chi connectivity index (χ4v) is 3.57. The van der Waals surface area contributed by atoms with Gasteiger partial charge in [-0.2, -0.15) is 0 Å². The van der Waals surface area contributed by atoms with E-state index in [2.05, 4.69) is 57.2 Å². The van der Waals surface area contributed by atoms with Crippen molar-refractivity contribution >= 4 is 0 Å². The Labute approximate surface area is 142 Å². The highest BCUT2D eigenvalue weighted by Crippen LogP contribution is 2.37. The second-order valence-electron chi connectivity index (χ2n) is 6.87. The minimum atomic E-state index is 0.182. The van der Waals surface area contributed by atoms with E-state index >= 15 is 0 Å². The van der Waals surface area contributed by atoms with Crippen molar-refractivity contribution in [3.63, 3.8) is 0 Å². The highest BCUT2D eigenvalue weighted by Gasteiger charge is 2.32. The smallest absolute Gasteiger partial charge is 0.0468 e. The van der Waals surface area contributed by atoms with Crippen molar-refractivity contribution in [2.75, 3.05) is 0 Å². The van der Waals surface area contributed by atoms with Crippen molar-refractivity contribution < 1.29 is 0 Å². The van der Waals surface area contributed by atoms with E-state index < -0.39 is 0 Å². The van der Waals surface area contributed by atoms with Crippen molar-refractivity contribution in [2.24, 2.45) is 0 Å². The number of benzene rings is 1. The van der Waals surface area contributed by atoms with Crippen LogP contribution < -0.4 is 0 Å². The zero-order valence-electron chi connectivity index (χ0n) is 15.0. The van der Waals surface area contributed by atoms with Crippen molar-refractivity contribution in [1.29, 1.82) is 0 Å². The number of nitrogens with zero attached hydrogens (tertiary/aromatic N) is 1. The van der Waals surface area contributed by atoms with Crippen LogP contribution in [0.4, 0.5) is 0 Å². The number of hydrogen-bond acceptors (Lipinski definition) is 1.